The van der Waals surface area contributed by atoms with Gasteiger partial charge in [-0.2, -0.15) is 0 Å². The van der Waals surface area contributed by atoms with E-state index in [4.69, 9.17) is 9.15 Å². The van der Waals surface area contributed by atoms with Gasteiger partial charge in [0.25, 0.3) is 0 Å². The molecule has 154 valence electrons. The largest absolute Gasteiger partial charge is 0.495 e. The van der Waals surface area contributed by atoms with Gasteiger partial charge in [0, 0.05) is 18.7 Å². The van der Waals surface area contributed by atoms with Gasteiger partial charge < -0.3 is 19.0 Å². The second-order valence-corrected chi connectivity index (χ2v) is 7.42. The molecule has 1 aliphatic heterocycles. The Kier molecular flexibility index (Phi) is 5.57. The summed E-state index contributed by atoms with van der Waals surface area (Å²) in [7, 11) is 1.57. The summed E-state index contributed by atoms with van der Waals surface area (Å²) in [6, 6.07) is 18.8. The predicted molar refractivity (Wildman–Crippen MR) is 115 cm³/mol. The van der Waals surface area contributed by atoms with E-state index in [1.165, 1.54) is 0 Å². The molecule has 1 saturated heterocycles. The van der Waals surface area contributed by atoms with Crippen molar-refractivity contribution < 1.29 is 18.7 Å². The van der Waals surface area contributed by atoms with Crippen LogP contribution < -0.4 is 14.5 Å². The molecular formula is C24H24N2O4. The Balaban J connectivity index is 1.60. The molecule has 1 aromatic heterocycles. The van der Waals surface area contributed by atoms with Crippen LogP contribution in [0.1, 0.15) is 17.7 Å². The number of anilines is 2. The molecule has 0 saturated carbocycles. The summed E-state index contributed by atoms with van der Waals surface area (Å²) in [5, 5.41) is 0. The summed E-state index contributed by atoms with van der Waals surface area (Å²) in [5.41, 5.74) is 2.58. The first-order chi connectivity index (χ1) is 14.6. The van der Waals surface area contributed by atoms with Gasteiger partial charge in [-0.15, -0.1) is 0 Å². The third-order valence-corrected chi connectivity index (χ3v) is 5.36. The fourth-order valence-corrected chi connectivity index (χ4v) is 3.76. The second kappa shape index (κ2) is 8.45. The van der Waals surface area contributed by atoms with Crippen LogP contribution in [0.5, 0.6) is 5.75 Å². The van der Waals surface area contributed by atoms with Crippen LogP contribution >= 0.6 is 0 Å². The average molecular weight is 404 g/mol. The number of hydrogen-bond acceptors (Lipinski definition) is 4. The van der Waals surface area contributed by atoms with Crippen molar-refractivity contribution in [3.05, 3.63) is 78.3 Å². The highest BCUT2D eigenvalue weighted by atomic mass is 16.5. The summed E-state index contributed by atoms with van der Waals surface area (Å²) in [5.74, 6) is 0.680. The van der Waals surface area contributed by atoms with Gasteiger partial charge in [-0.3, -0.25) is 9.59 Å². The van der Waals surface area contributed by atoms with Crippen LogP contribution in [0.3, 0.4) is 0 Å². The van der Waals surface area contributed by atoms with E-state index >= 15 is 0 Å². The first-order valence-electron chi connectivity index (χ1n) is 9.90. The molecule has 4 rings (SSSR count). The standard InChI is InChI=1S/C24H24N2O4/c1-17-9-11-19(12-10-17)25(16-20-6-5-13-30-20)24(28)18-14-23(27)26(15-18)21-7-3-4-8-22(21)29-2/h3-13,18H,14-16H2,1-2H3. The summed E-state index contributed by atoms with van der Waals surface area (Å²) in [6.07, 6.45) is 1.76. The van der Waals surface area contributed by atoms with E-state index in [1.54, 1.807) is 29.2 Å². The van der Waals surface area contributed by atoms with Crippen molar-refractivity contribution in [2.24, 2.45) is 5.92 Å². The number of hydrogen-bond donors (Lipinski definition) is 0. The first kappa shape index (κ1) is 19.8. The Morgan fingerprint density at radius 3 is 2.60 bits per heavy atom. The van der Waals surface area contributed by atoms with E-state index in [1.807, 2.05) is 61.5 Å². The van der Waals surface area contributed by atoms with E-state index in [-0.39, 0.29) is 18.2 Å². The molecule has 1 fully saturated rings. The molecule has 0 bridgehead atoms. The van der Waals surface area contributed by atoms with E-state index in [9.17, 15) is 9.59 Å². The number of nitrogens with zero attached hydrogens (tertiary/aromatic N) is 2. The zero-order valence-electron chi connectivity index (χ0n) is 17.1. The van der Waals surface area contributed by atoms with Gasteiger partial charge in [-0.25, -0.2) is 0 Å². The number of amides is 2. The Bertz CT molecular complexity index is 1030. The van der Waals surface area contributed by atoms with Gasteiger partial charge in [-0.1, -0.05) is 29.8 Å². The maximum absolute atomic E-state index is 13.5. The lowest BCUT2D eigenvalue weighted by molar-refractivity contribution is -0.124. The van der Waals surface area contributed by atoms with Crippen molar-refractivity contribution in [1.29, 1.82) is 0 Å². The van der Waals surface area contributed by atoms with E-state index in [0.29, 0.717) is 30.3 Å². The van der Waals surface area contributed by atoms with E-state index in [2.05, 4.69) is 0 Å². The molecule has 3 aromatic rings. The number of benzene rings is 2. The minimum atomic E-state index is -0.446. The predicted octanol–water partition coefficient (Wildman–Crippen LogP) is 4.18. The normalized spacial score (nSPS) is 16.0. The molecule has 0 N–H and O–H groups in total. The van der Waals surface area contributed by atoms with Crippen LogP contribution in [0.15, 0.2) is 71.3 Å². The van der Waals surface area contributed by atoms with Gasteiger partial charge in [-0.05, 0) is 43.3 Å². The van der Waals surface area contributed by atoms with Crippen LogP contribution in [0, 0.1) is 12.8 Å². The van der Waals surface area contributed by atoms with E-state index in [0.717, 1.165) is 11.3 Å². The molecule has 1 aliphatic rings. The highest BCUT2D eigenvalue weighted by Gasteiger charge is 2.38. The summed E-state index contributed by atoms with van der Waals surface area (Å²) >= 11 is 0. The van der Waals surface area contributed by atoms with Crippen LogP contribution in [0.25, 0.3) is 0 Å². The van der Waals surface area contributed by atoms with Crippen molar-refractivity contribution in [2.75, 3.05) is 23.5 Å². The molecule has 1 atom stereocenters. The fraction of sp³-hybridized carbons (Fsp3) is 0.250. The average Bonchev–Trinajstić information content (AvgIpc) is 3.42. The molecule has 2 aromatic carbocycles. The zero-order valence-corrected chi connectivity index (χ0v) is 17.1. The van der Waals surface area contributed by atoms with Crippen LogP contribution in [0.4, 0.5) is 11.4 Å². The molecule has 0 spiro atoms. The number of carbonyl (C=O) groups is 2. The molecule has 30 heavy (non-hydrogen) atoms. The van der Waals surface area contributed by atoms with Crippen LogP contribution in [-0.2, 0) is 16.1 Å². The van der Waals surface area contributed by atoms with Gasteiger partial charge in [0.05, 0.1) is 31.5 Å². The number of methoxy groups -OCH3 is 1. The lowest BCUT2D eigenvalue weighted by atomic mass is 10.1. The number of para-hydroxylation sites is 2. The van der Waals surface area contributed by atoms with Crippen molar-refractivity contribution in [2.45, 2.75) is 19.9 Å². The monoisotopic (exact) mass is 404 g/mol. The fourth-order valence-electron chi connectivity index (χ4n) is 3.76. The Morgan fingerprint density at radius 1 is 1.13 bits per heavy atom. The van der Waals surface area contributed by atoms with Crippen molar-refractivity contribution in [3.63, 3.8) is 0 Å². The Morgan fingerprint density at radius 2 is 1.90 bits per heavy atom. The molecule has 0 radical (unpaired) electrons. The SMILES string of the molecule is COc1ccccc1N1CC(C(=O)N(Cc2ccco2)c2ccc(C)cc2)CC1=O. The Labute approximate surface area is 175 Å². The lowest BCUT2D eigenvalue weighted by Gasteiger charge is -2.25. The summed E-state index contributed by atoms with van der Waals surface area (Å²) in [6.45, 7) is 2.63. The number of rotatable bonds is 6. The molecule has 0 aliphatic carbocycles. The Hall–Kier alpha value is -3.54. The molecule has 1 unspecified atom stereocenters. The van der Waals surface area contributed by atoms with Gasteiger partial charge in [0.15, 0.2) is 0 Å². The molecule has 2 amide bonds. The topological polar surface area (TPSA) is 63.0 Å². The highest BCUT2D eigenvalue weighted by Crippen LogP contribution is 2.34. The maximum Gasteiger partial charge on any atom is 0.232 e. The van der Waals surface area contributed by atoms with E-state index < -0.39 is 5.92 Å². The number of ether oxygens (including phenoxy) is 1. The van der Waals surface area contributed by atoms with Crippen molar-refractivity contribution >= 4 is 23.2 Å². The minimum absolute atomic E-state index is 0.0836. The molecule has 2 heterocycles. The number of furan rings is 1. The highest BCUT2D eigenvalue weighted by molar-refractivity contribution is 6.05. The van der Waals surface area contributed by atoms with Crippen molar-refractivity contribution in [1.82, 2.24) is 0 Å². The van der Waals surface area contributed by atoms with Crippen LogP contribution in [0.2, 0.25) is 0 Å². The summed E-state index contributed by atoms with van der Waals surface area (Å²) < 4.78 is 10.9. The second-order valence-electron chi connectivity index (χ2n) is 7.42. The van der Waals surface area contributed by atoms with Gasteiger partial charge >= 0.3 is 0 Å². The zero-order chi connectivity index (χ0) is 21.1. The molecule has 6 heteroatoms. The minimum Gasteiger partial charge on any atom is -0.495 e. The van der Waals surface area contributed by atoms with Crippen molar-refractivity contribution in [3.8, 4) is 5.75 Å². The summed E-state index contributed by atoms with van der Waals surface area (Å²) in [4.78, 5) is 29.6. The first-order valence-corrected chi connectivity index (χ1v) is 9.90. The molecule has 6 nitrogen and oxygen atoms in total. The van der Waals surface area contributed by atoms with Gasteiger partial charge in [0.1, 0.15) is 11.5 Å². The number of carbonyl (C=O) groups excluding carboxylic acids is 2. The maximum atomic E-state index is 13.5. The smallest absolute Gasteiger partial charge is 0.232 e. The number of aryl methyl sites for hydroxylation is 1. The lowest BCUT2D eigenvalue weighted by Crippen LogP contribution is -2.37. The quantitative estimate of drug-likeness (QED) is 0.618. The third kappa shape index (κ3) is 3.94. The molecular weight excluding hydrogens is 380 g/mol. The van der Waals surface area contributed by atoms with Gasteiger partial charge in [0.2, 0.25) is 11.8 Å². The third-order valence-electron chi connectivity index (χ3n) is 5.36. The van der Waals surface area contributed by atoms with Crippen LogP contribution in [-0.4, -0.2) is 25.5 Å².